The molecule has 0 radical (unpaired) electrons. The number of rotatable bonds is 6. The molecule has 0 spiro atoms. The second-order valence-electron chi connectivity index (χ2n) is 11.0. The predicted molar refractivity (Wildman–Crippen MR) is 142 cm³/mol. The Balaban J connectivity index is 1.34. The summed E-state index contributed by atoms with van der Waals surface area (Å²) in [5, 5.41) is 15.1. The highest BCUT2D eigenvalue weighted by Crippen LogP contribution is 2.57. The van der Waals surface area contributed by atoms with Crippen LogP contribution in [-0.2, 0) is 11.2 Å². The summed E-state index contributed by atoms with van der Waals surface area (Å²) >= 11 is 1.51. The zero-order valence-electron chi connectivity index (χ0n) is 21.8. The van der Waals surface area contributed by atoms with Crippen LogP contribution in [0.4, 0.5) is 5.13 Å². The van der Waals surface area contributed by atoms with Crippen LogP contribution in [0, 0.1) is 23.2 Å². The molecule has 2 amide bonds. The molecule has 198 valence electrons. The maximum Gasteiger partial charge on any atom is 0.257 e. The van der Waals surface area contributed by atoms with Crippen molar-refractivity contribution in [2.45, 2.75) is 52.1 Å². The van der Waals surface area contributed by atoms with E-state index >= 15 is 0 Å². The molecule has 37 heavy (non-hydrogen) atoms. The Morgan fingerprint density at radius 1 is 1.38 bits per heavy atom. The van der Waals surface area contributed by atoms with Gasteiger partial charge in [0.05, 0.1) is 11.8 Å². The lowest BCUT2D eigenvalue weighted by Gasteiger charge is -2.53. The molecule has 2 heterocycles. The molecule has 8 nitrogen and oxygen atoms in total. The van der Waals surface area contributed by atoms with Crippen LogP contribution in [0.1, 0.15) is 60.5 Å². The van der Waals surface area contributed by atoms with Gasteiger partial charge in [-0.15, -0.1) is 17.9 Å². The van der Waals surface area contributed by atoms with E-state index in [1.54, 1.807) is 36.2 Å². The summed E-state index contributed by atoms with van der Waals surface area (Å²) < 4.78 is 10.7. The summed E-state index contributed by atoms with van der Waals surface area (Å²) in [6, 6.07) is 5.12. The van der Waals surface area contributed by atoms with Crippen LogP contribution in [0.3, 0.4) is 0 Å². The van der Waals surface area contributed by atoms with Crippen molar-refractivity contribution in [1.82, 2.24) is 9.88 Å². The number of thiazole rings is 1. The summed E-state index contributed by atoms with van der Waals surface area (Å²) in [4.78, 5) is 33.6. The lowest BCUT2D eigenvalue weighted by Crippen LogP contribution is -2.53. The predicted octanol–water partition coefficient (Wildman–Crippen LogP) is 4.46. The minimum Gasteiger partial charge on any atom is -0.454 e. The number of carbonyl (C=O) groups is 2. The fraction of sp³-hybridized carbons (Fsp3) is 0.536. The molecule has 1 aromatic heterocycles. The molecular weight excluding hydrogens is 490 g/mol. The molecule has 2 aliphatic carbocycles. The number of nitrogens with one attached hydrogen (secondary N) is 1. The van der Waals surface area contributed by atoms with E-state index in [2.05, 4.69) is 25.7 Å². The standard InChI is InChI=1S/C28H35N3O5S/c1-6-11-31(5)26(34)15(2)18-9-10-28(4)13-21-23(16(3)22(28)24(18)32)29-27(37-21)30-25(33)17-7-8-19-20(12-17)36-14-35-19/h6-8,12,15-16,18,22,24,32H,1,9-11,13-14H2,2-5H3,(H,29,30,33)/t15-,16-,18-,22+,24-,28+/m0/s1. The molecule has 9 heteroatoms. The first kappa shape index (κ1) is 25.7. The Morgan fingerprint density at radius 3 is 2.89 bits per heavy atom. The normalized spacial score (nSPS) is 28.6. The first-order valence-electron chi connectivity index (χ1n) is 12.9. The lowest BCUT2D eigenvalue weighted by molar-refractivity contribution is -0.143. The van der Waals surface area contributed by atoms with E-state index < -0.39 is 6.10 Å². The van der Waals surface area contributed by atoms with Crippen molar-refractivity contribution in [3.8, 4) is 11.5 Å². The van der Waals surface area contributed by atoms with Crippen molar-refractivity contribution in [2.75, 3.05) is 25.7 Å². The maximum atomic E-state index is 13.0. The molecular formula is C28H35N3O5S. The highest BCUT2D eigenvalue weighted by Gasteiger charge is 2.54. The highest BCUT2D eigenvalue weighted by atomic mass is 32.1. The number of aliphatic hydroxyl groups is 1. The summed E-state index contributed by atoms with van der Waals surface area (Å²) in [6.45, 7) is 10.7. The summed E-state index contributed by atoms with van der Waals surface area (Å²) in [7, 11) is 1.78. The molecule has 1 aromatic carbocycles. The quantitative estimate of drug-likeness (QED) is 0.540. The molecule has 2 N–H and O–H groups in total. The maximum absolute atomic E-state index is 13.0. The van der Waals surface area contributed by atoms with Gasteiger partial charge in [-0.3, -0.25) is 14.9 Å². The van der Waals surface area contributed by atoms with Crippen molar-refractivity contribution >= 4 is 28.3 Å². The number of ether oxygens (including phenoxy) is 2. The van der Waals surface area contributed by atoms with Gasteiger partial charge in [-0.25, -0.2) is 4.98 Å². The molecule has 1 saturated carbocycles. The van der Waals surface area contributed by atoms with E-state index in [1.807, 2.05) is 6.92 Å². The lowest BCUT2D eigenvalue weighted by atomic mass is 9.53. The number of anilines is 1. The third-order valence-corrected chi connectivity index (χ3v) is 9.57. The number of aromatic nitrogens is 1. The Labute approximate surface area is 221 Å². The molecule has 6 atom stereocenters. The van der Waals surface area contributed by atoms with Gasteiger partial charge >= 0.3 is 0 Å². The van der Waals surface area contributed by atoms with Crippen molar-refractivity contribution in [3.63, 3.8) is 0 Å². The number of amides is 2. The van der Waals surface area contributed by atoms with Crippen molar-refractivity contribution in [1.29, 1.82) is 0 Å². The highest BCUT2D eigenvalue weighted by molar-refractivity contribution is 7.15. The number of carbonyl (C=O) groups excluding carboxylic acids is 2. The van der Waals surface area contributed by atoms with E-state index in [1.165, 1.54) is 11.3 Å². The van der Waals surface area contributed by atoms with E-state index in [9.17, 15) is 14.7 Å². The monoisotopic (exact) mass is 525 g/mol. The van der Waals surface area contributed by atoms with Crippen LogP contribution in [0.5, 0.6) is 11.5 Å². The molecule has 0 unspecified atom stereocenters. The minimum atomic E-state index is -0.605. The second-order valence-corrected chi connectivity index (χ2v) is 12.1. The van der Waals surface area contributed by atoms with Crippen LogP contribution >= 0.6 is 11.3 Å². The fourth-order valence-electron chi connectivity index (χ4n) is 6.62. The minimum absolute atomic E-state index is 0.00667. The molecule has 1 aliphatic heterocycles. The van der Waals surface area contributed by atoms with Gasteiger partial charge in [0.1, 0.15) is 0 Å². The number of hydrogen-bond donors (Lipinski definition) is 2. The topological polar surface area (TPSA) is 101 Å². The zero-order chi connectivity index (χ0) is 26.5. The molecule has 0 saturated heterocycles. The molecule has 2 aromatic rings. The number of benzene rings is 1. The van der Waals surface area contributed by atoms with Gasteiger partial charge in [0.15, 0.2) is 16.6 Å². The molecule has 0 bridgehead atoms. The van der Waals surface area contributed by atoms with E-state index in [0.29, 0.717) is 28.7 Å². The van der Waals surface area contributed by atoms with E-state index in [4.69, 9.17) is 14.5 Å². The van der Waals surface area contributed by atoms with Gasteiger partial charge in [0.25, 0.3) is 5.91 Å². The molecule has 3 aliphatic rings. The summed E-state index contributed by atoms with van der Waals surface area (Å²) in [6.07, 6.45) is 3.65. The van der Waals surface area contributed by atoms with Crippen LogP contribution in [0.25, 0.3) is 0 Å². The Bertz CT molecular complexity index is 1230. The van der Waals surface area contributed by atoms with Crippen molar-refractivity contribution in [3.05, 3.63) is 47.0 Å². The van der Waals surface area contributed by atoms with Crippen LogP contribution < -0.4 is 14.8 Å². The molecule has 1 fully saturated rings. The number of hydrogen-bond acceptors (Lipinski definition) is 7. The smallest absolute Gasteiger partial charge is 0.257 e. The van der Waals surface area contributed by atoms with Gasteiger partial charge in [-0.1, -0.05) is 26.8 Å². The SMILES string of the molecule is C=CCN(C)C(=O)[C@@H](C)[C@@H]1CC[C@]2(C)Cc3sc(NC(=O)c4ccc5c(c4)OCO5)nc3[C@@H](C)[C@@H]2[C@H]1O. The zero-order valence-corrected chi connectivity index (χ0v) is 22.6. The van der Waals surface area contributed by atoms with Gasteiger partial charge in [0, 0.05) is 35.9 Å². The Morgan fingerprint density at radius 2 is 2.14 bits per heavy atom. The van der Waals surface area contributed by atoms with Crippen LogP contribution in [-0.4, -0.2) is 53.3 Å². The van der Waals surface area contributed by atoms with Gasteiger partial charge in [-0.05, 0) is 54.7 Å². The summed E-state index contributed by atoms with van der Waals surface area (Å²) in [5.41, 5.74) is 1.32. The number of nitrogens with zero attached hydrogens (tertiary/aromatic N) is 2. The van der Waals surface area contributed by atoms with Crippen LogP contribution in [0.2, 0.25) is 0 Å². The Kier molecular flexibility index (Phi) is 6.79. The third kappa shape index (κ3) is 4.52. The number of fused-ring (bicyclic) bond motifs is 3. The number of likely N-dealkylation sites (N-methyl/N-ethyl adjacent to an activating group) is 1. The third-order valence-electron chi connectivity index (χ3n) is 8.59. The van der Waals surface area contributed by atoms with E-state index in [0.717, 1.165) is 29.8 Å². The van der Waals surface area contributed by atoms with Crippen molar-refractivity contribution < 1.29 is 24.2 Å². The summed E-state index contributed by atoms with van der Waals surface area (Å²) in [5.74, 6) is 0.589. The average Bonchev–Trinajstić information content (AvgIpc) is 3.49. The largest absolute Gasteiger partial charge is 0.454 e. The second kappa shape index (κ2) is 9.76. The van der Waals surface area contributed by atoms with E-state index in [-0.39, 0.29) is 47.7 Å². The molecule has 5 rings (SSSR count). The fourth-order valence-corrected chi connectivity index (χ4v) is 7.88. The van der Waals surface area contributed by atoms with Crippen LogP contribution in [0.15, 0.2) is 30.9 Å². The van der Waals surface area contributed by atoms with Gasteiger partial charge in [-0.2, -0.15) is 0 Å². The van der Waals surface area contributed by atoms with Gasteiger partial charge < -0.3 is 19.5 Å². The number of aliphatic hydroxyl groups excluding tert-OH is 1. The van der Waals surface area contributed by atoms with Crippen molar-refractivity contribution in [2.24, 2.45) is 23.2 Å². The Hall–Kier alpha value is -2.91. The average molecular weight is 526 g/mol. The first-order chi connectivity index (χ1) is 17.6. The first-order valence-corrected chi connectivity index (χ1v) is 13.7. The van der Waals surface area contributed by atoms with Gasteiger partial charge in [0.2, 0.25) is 12.7 Å².